The van der Waals surface area contributed by atoms with Gasteiger partial charge in [0.1, 0.15) is 21.9 Å². The Morgan fingerprint density at radius 2 is 0.456 bits per heavy atom. The maximum atomic E-state index is 13.3. The first-order chi connectivity index (χ1) is 49.9. The molecule has 6 aromatic carbocycles. The number of carbonyl (C=O) groups is 2. The highest BCUT2D eigenvalue weighted by Gasteiger charge is 2.47. The summed E-state index contributed by atoms with van der Waals surface area (Å²) in [6.45, 7) is 22.0. The van der Waals surface area contributed by atoms with Crippen molar-refractivity contribution in [2.45, 2.75) is 377 Å². The molecule has 0 heterocycles. The first-order valence-electron chi connectivity index (χ1n) is 42.5. The Kier molecular flexibility index (Phi) is 32.3. The van der Waals surface area contributed by atoms with Gasteiger partial charge >= 0.3 is 11.9 Å². The van der Waals surface area contributed by atoms with Gasteiger partial charge in [-0.1, -0.05) is 389 Å². The highest BCUT2D eigenvalue weighted by Crippen LogP contribution is 2.60. The second kappa shape index (κ2) is 40.4. The zero-order chi connectivity index (χ0) is 73.3. The molecule has 0 bridgehead atoms. The average Bonchev–Trinajstić information content (AvgIpc) is 1.57. The number of halogens is 2. The molecule has 0 atom stereocenters. The van der Waals surface area contributed by atoms with E-state index in [-0.39, 0.29) is 41.4 Å². The van der Waals surface area contributed by atoms with Crippen LogP contribution in [0.1, 0.15) is 383 Å². The van der Waals surface area contributed by atoms with Gasteiger partial charge in [0.25, 0.3) is 0 Å². The number of unbranched alkanes of at least 4 members (excludes halogenated alkanes) is 30. The molecule has 0 radical (unpaired) electrons. The summed E-state index contributed by atoms with van der Waals surface area (Å²) >= 11 is 7.16. The molecule has 103 heavy (non-hydrogen) atoms. The standard InChI is InChI=1S/C97H136Br2O4/c1-11-17-23-29-35-41-59-95(60-42-36-30-24-18-12-2)85-65-73(71-102-91(100)93(7,8)98)47-53-79(85)81-55-49-75(67-87(81)95)77-51-57-83-84-58-52-78(70-90(84)97(89(83)69-77,63-45-39-33-27-21-15-5)64-46-40-34-28-22-16-6)76-50-56-82-80-54-48-74(72-103-92(101)94(9,10)99)66-86(80)96(88(82)68-76,61-43-37-31-25-19-13-3)62-44-38-32-26-20-14-4/h47-58,65-70H,11-46,59-64,71-72H2,1-10H3. The van der Waals surface area contributed by atoms with Crippen molar-refractivity contribution in [3.8, 4) is 55.6 Å². The monoisotopic (exact) mass is 1520 g/mol. The zero-order valence-electron chi connectivity index (χ0n) is 66.4. The van der Waals surface area contributed by atoms with Crippen LogP contribution in [0.5, 0.6) is 0 Å². The highest BCUT2D eigenvalue weighted by atomic mass is 79.9. The lowest BCUT2D eigenvalue weighted by atomic mass is 9.69. The zero-order valence-corrected chi connectivity index (χ0v) is 69.6. The summed E-state index contributed by atoms with van der Waals surface area (Å²) in [6.07, 6.45) is 52.7. The van der Waals surface area contributed by atoms with Crippen LogP contribution in [0.4, 0.5) is 0 Å². The van der Waals surface area contributed by atoms with Gasteiger partial charge in [0.05, 0.1) is 0 Å². The van der Waals surface area contributed by atoms with Gasteiger partial charge < -0.3 is 9.47 Å². The fourth-order valence-electron chi connectivity index (χ4n) is 18.4. The van der Waals surface area contributed by atoms with E-state index in [2.05, 4.69) is 183 Å². The summed E-state index contributed by atoms with van der Waals surface area (Å²) in [5, 5.41) is 0. The quantitative estimate of drug-likeness (QED) is 0.0217. The van der Waals surface area contributed by atoms with Crippen LogP contribution in [0.25, 0.3) is 55.6 Å². The first-order valence-corrected chi connectivity index (χ1v) is 44.1. The van der Waals surface area contributed by atoms with E-state index in [1.807, 2.05) is 27.7 Å². The molecule has 0 N–H and O–H groups in total. The van der Waals surface area contributed by atoms with Crippen LogP contribution in [-0.4, -0.2) is 20.6 Å². The van der Waals surface area contributed by atoms with Gasteiger partial charge in [-0.25, -0.2) is 0 Å². The summed E-state index contributed by atoms with van der Waals surface area (Å²) in [6, 6.07) is 44.9. The normalized spacial score (nSPS) is 14.3. The summed E-state index contributed by atoms with van der Waals surface area (Å²) in [5.74, 6) is -0.462. The third-order valence-electron chi connectivity index (χ3n) is 24.3. The van der Waals surface area contributed by atoms with E-state index in [1.54, 1.807) is 11.1 Å². The van der Waals surface area contributed by atoms with E-state index in [1.165, 1.54) is 309 Å². The van der Waals surface area contributed by atoms with Crippen molar-refractivity contribution in [2.75, 3.05) is 0 Å². The summed E-state index contributed by atoms with van der Waals surface area (Å²) in [4.78, 5) is 26.5. The largest absolute Gasteiger partial charge is 0.460 e. The van der Waals surface area contributed by atoms with E-state index in [0.717, 1.165) is 49.7 Å². The second-order valence-electron chi connectivity index (χ2n) is 33.3. The van der Waals surface area contributed by atoms with Crippen LogP contribution in [-0.2, 0) is 48.5 Å². The molecule has 0 unspecified atom stereocenters. The number of benzene rings is 6. The summed E-state index contributed by atoms with van der Waals surface area (Å²) in [7, 11) is 0. The number of fused-ring (bicyclic) bond motifs is 9. The number of alkyl halides is 2. The molecular formula is C97H136Br2O4. The summed E-state index contributed by atoms with van der Waals surface area (Å²) < 4.78 is 10.6. The smallest absolute Gasteiger partial charge is 0.322 e. The molecule has 4 nitrogen and oxygen atoms in total. The lowest BCUT2D eigenvalue weighted by Gasteiger charge is -2.34. The Hall–Kier alpha value is -4.78. The van der Waals surface area contributed by atoms with Crippen molar-refractivity contribution in [3.05, 3.63) is 154 Å². The third kappa shape index (κ3) is 20.9. The molecule has 0 fully saturated rings. The Bertz CT molecular complexity index is 3360. The van der Waals surface area contributed by atoms with E-state index in [0.29, 0.717) is 0 Å². The Morgan fingerprint density at radius 1 is 0.272 bits per heavy atom. The molecule has 0 saturated carbocycles. The molecule has 6 heteroatoms. The number of ether oxygens (including phenoxy) is 2. The highest BCUT2D eigenvalue weighted by molar-refractivity contribution is 9.10. The van der Waals surface area contributed by atoms with Crippen LogP contribution in [0, 0.1) is 0 Å². The van der Waals surface area contributed by atoms with E-state index in [4.69, 9.17) is 9.47 Å². The van der Waals surface area contributed by atoms with Crippen molar-refractivity contribution < 1.29 is 19.1 Å². The third-order valence-corrected chi connectivity index (χ3v) is 25.0. The van der Waals surface area contributed by atoms with Gasteiger partial charge in [0.15, 0.2) is 0 Å². The number of esters is 2. The fraction of sp³-hybridized carbons (Fsp3) is 0.608. The predicted octanol–water partition coefficient (Wildman–Crippen LogP) is 30.8. The summed E-state index contributed by atoms with van der Waals surface area (Å²) in [5.41, 5.74) is 24.5. The van der Waals surface area contributed by atoms with Crippen LogP contribution in [0.2, 0.25) is 0 Å². The molecule has 0 spiro atoms. The van der Waals surface area contributed by atoms with Crippen molar-refractivity contribution >= 4 is 43.8 Å². The lowest BCUT2D eigenvalue weighted by Crippen LogP contribution is -2.27. The first kappa shape index (κ1) is 82.3. The molecule has 6 aromatic rings. The lowest BCUT2D eigenvalue weighted by molar-refractivity contribution is -0.147. The number of carbonyl (C=O) groups excluding carboxylic acids is 2. The van der Waals surface area contributed by atoms with Gasteiger partial charge in [-0.2, -0.15) is 0 Å². The number of hydrogen-bond acceptors (Lipinski definition) is 4. The molecule has 9 rings (SSSR count). The maximum Gasteiger partial charge on any atom is 0.322 e. The van der Waals surface area contributed by atoms with Crippen LogP contribution >= 0.6 is 31.9 Å². The average molecular weight is 1530 g/mol. The molecule has 562 valence electrons. The van der Waals surface area contributed by atoms with Crippen molar-refractivity contribution in [2.24, 2.45) is 0 Å². The Labute approximate surface area is 644 Å². The molecule has 3 aliphatic carbocycles. The minimum absolute atomic E-state index is 0.126. The van der Waals surface area contributed by atoms with Crippen molar-refractivity contribution in [1.82, 2.24) is 0 Å². The van der Waals surface area contributed by atoms with Gasteiger partial charge in [-0.3, -0.25) is 9.59 Å². The van der Waals surface area contributed by atoms with Gasteiger partial charge in [-0.15, -0.1) is 0 Å². The van der Waals surface area contributed by atoms with Crippen molar-refractivity contribution in [1.29, 1.82) is 0 Å². The maximum absolute atomic E-state index is 13.3. The van der Waals surface area contributed by atoms with Gasteiger partial charge in [0.2, 0.25) is 0 Å². The second-order valence-corrected chi connectivity index (χ2v) is 37.2. The fourth-order valence-corrected chi connectivity index (χ4v) is 18.6. The number of hydrogen-bond donors (Lipinski definition) is 0. The molecule has 3 aliphatic rings. The van der Waals surface area contributed by atoms with Gasteiger partial charge in [-0.05, 0) is 191 Å². The Morgan fingerprint density at radius 3 is 0.660 bits per heavy atom. The molecule has 0 saturated heterocycles. The molecule has 0 amide bonds. The number of rotatable bonds is 50. The molecule has 0 aliphatic heterocycles. The van der Waals surface area contributed by atoms with Crippen LogP contribution in [0.15, 0.2) is 109 Å². The van der Waals surface area contributed by atoms with Crippen LogP contribution in [0.3, 0.4) is 0 Å². The molecular weight excluding hydrogens is 1390 g/mol. The topological polar surface area (TPSA) is 52.6 Å². The Balaban J connectivity index is 1.17. The molecule has 0 aromatic heterocycles. The van der Waals surface area contributed by atoms with E-state index >= 15 is 0 Å². The van der Waals surface area contributed by atoms with Gasteiger partial charge in [0, 0.05) is 16.2 Å². The minimum Gasteiger partial charge on any atom is -0.460 e. The SMILES string of the molecule is CCCCCCCCC1(CCCCCCCC)c2cc(COC(=O)C(C)(C)Br)ccc2-c2ccc(-c3ccc4c(c3)C(CCCCCCCC)(CCCCCCCC)c3cc(-c5ccc6c(c5)C(CCCCCCCC)(CCCCCCCC)c5cc(COC(=O)C(C)(C)Br)ccc5-6)ccc3-4)cc21. The van der Waals surface area contributed by atoms with E-state index < -0.39 is 8.65 Å². The minimum atomic E-state index is -0.745. The van der Waals surface area contributed by atoms with E-state index in [9.17, 15) is 9.59 Å². The van der Waals surface area contributed by atoms with Crippen LogP contribution < -0.4 is 0 Å². The predicted molar refractivity (Wildman–Crippen MR) is 450 cm³/mol. The van der Waals surface area contributed by atoms with Crippen molar-refractivity contribution in [3.63, 3.8) is 0 Å².